The zero-order chi connectivity index (χ0) is 10.7. The molecule has 0 aliphatic rings. The fraction of sp³-hybridized carbons (Fsp3) is 0.500. The second kappa shape index (κ2) is 4.39. The lowest BCUT2D eigenvalue weighted by atomic mass is 10.3. The number of nitrogens with zero attached hydrogens (tertiary/aromatic N) is 5. The molecule has 0 bridgehead atoms. The van der Waals surface area contributed by atoms with E-state index >= 15 is 0 Å². The van der Waals surface area contributed by atoms with Gasteiger partial charge in [0, 0.05) is 11.9 Å². The Labute approximate surface area is 91.6 Å². The van der Waals surface area contributed by atoms with E-state index in [1.165, 1.54) is 0 Å². The van der Waals surface area contributed by atoms with Crippen molar-refractivity contribution in [3.63, 3.8) is 0 Å². The maximum absolute atomic E-state index is 5.84. The molecule has 0 spiro atoms. The van der Waals surface area contributed by atoms with Crippen molar-refractivity contribution < 1.29 is 0 Å². The Kier molecular flexibility index (Phi) is 2.96. The predicted molar refractivity (Wildman–Crippen MR) is 57.0 cm³/mol. The van der Waals surface area contributed by atoms with Crippen molar-refractivity contribution in [2.75, 3.05) is 11.9 Å². The molecular weight excluding hydrogens is 216 g/mol. The Morgan fingerprint density at radius 2 is 2.40 bits per heavy atom. The van der Waals surface area contributed by atoms with Gasteiger partial charge < -0.3 is 5.32 Å². The van der Waals surface area contributed by atoms with Crippen LogP contribution in [0, 0.1) is 0 Å². The number of hydrogen-bond acceptors (Lipinski definition) is 5. The van der Waals surface area contributed by atoms with Gasteiger partial charge in [-0.25, -0.2) is 0 Å². The van der Waals surface area contributed by atoms with Crippen LogP contribution in [0.4, 0.5) is 5.82 Å². The highest BCUT2D eigenvalue weighted by molar-refractivity contribution is 6.20. The summed E-state index contributed by atoms with van der Waals surface area (Å²) in [5.74, 6) is 0.773. The third kappa shape index (κ3) is 2.33. The van der Waals surface area contributed by atoms with Crippen LogP contribution in [0.25, 0.3) is 5.65 Å². The maximum atomic E-state index is 5.84. The van der Waals surface area contributed by atoms with Crippen molar-refractivity contribution in [3.05, 3.63) is 12.4 Å². The maximum Gasteiger partial charge on any atom is 0.199 e. The van der Waals surface area contributed by atoms with Crippen LogP contribution in [-0.2, 0) is 0 Å². The first-order chi connectivity index (χ1) is 7.27. The first-order valence-electron chi connectivity index (χ1n) is 4.67. The van der Waals surface area contributed by atoms with E-state index in [0.717, 1.165) is 18.8 Å². The summed E-state index contributed by atoms with van der Waals surface area (Å²) >= 11 is 5.84. The minimum atomic E-state index is 0.151. The molecule has 0 fully saturated rings. The largest absolute Gasteiger partial charge is 0.369 e. The third-order valence-electron chi connectivity index (χ3n) is 1.96. The van der Waals surface area contributed by atoms with E-state index in [1.807, 2.05) is 6.92 Å². The normalized spacial score (nSPS) is 12.9. The molecule has 6 nitrogen and oxygen atoms in total. The van der Waals surface area contributed by atoms with Gasteiger partial charge >= 0.3 is 0 Å². The van der Waals surface area contributed by atoms with Crippen molar-refractivity contribution in [2.24, 2.45) is 0 Å². The highest BCUT2D eigenvalue weighted by Crippen LogP contribution is 2.07. The zero-order valence-corrected chi connectivity index (χ0v) is 9.02. The van der Waals surface area contributed by atoms with Crippen LogP contribution in [0.15, 0.2) is 12.4 Å². The third-order valence-corrected chi connectivity index (χ3v) is 2.18. The molecule has 2 aromatic heterocycles. The molecule has 0 saturated heterocycles. The highest BCUT2D eigenvalue weighted by Gasteiger charge is 2.03. The number of alkyl halides is 1. The average molecular weight is 227 g/mol. The summed E-state index contributed by atoms with van der Waals surface area (Å²) in [5.41, 5.74) is 0.624. The van der Waals surface area contributed by atoms with Gasteiger partial charge in [-0.2, -0.15) is 4.52 Å². The predicted octanol–water partition coefficient (Wildman–Crippen LogP) is 0.949. The number of tetrazole rings is 1. The molecule has 1 N–H and O–H groups in total. The van der Waals surface area contributed by atoms with Crippen LogP contribution >= 0.6 is 11.6 Å². The Morgan fingerprint density at radius 1 is 1.53 bits per heavy atom. The van der Waals surface area contributed by atoms with Crippen LogP contribution in [0.3, 0.4) is 0 Å². The first kappa shape index (κ1) is 10.1. The molecule has 0 aromatic carbocycles. The number of nitrogens with one attached hydrogen (secondary N) is 1. The summed E-state index contributed by atoms with van der Waals surface area (Å²) in [7, 11) is 0. The summed E-state index contributed by atoms with van der Waals surface area (Å²) in [5, 5.41) is 14.5. The van der Waals surface area contributed by atoms with Crippen molar-refractivity contribution >= 4 is 23.1 Å². The zero-order valence-electron chi connectivity index (χ0n) is 8.26. The van der Waals surface area contributed by atoms with E-state index in [-0.39, 0.29) is 5.38 Å². The summed E-state index contributed by atoms with van der Waals surface area (Å²) < 4.78 is 1.60. The standard InChI is InChI=1S/C8H11ClN6/c1-6(9)2-3-11-7-4-10-5-8-12-13-14-15(7)8/h4-6,11H,2-3H2,1H3. The van der Waals surface area contributed by atoms with Gasteiger partial charge in [0.2, 0.25) is 0 Å². The lowest BCUT2D eigenvalue weighted by molar-refractivity contribution is 0.800. The topological polar surface area (TPSA) is 68.0 Å². The van der Waals surface area contributed by atoms with Gasteiger partial charge in [-0.1, -0.05) is 0 Å². The van der Waals surface area contributed by atoms with Crippen LogP contribution in [0.5, 0.6) is 0 Å². The van der Waals surface area contributed by atoms with E-state index in [2.05, 4.69) is 25.8 Å². The lowest BCUT2D eigenvalue weighted by Crippen LogP contribution is -2.10. The van der Waals surface area contributed by atoms with Gasteiger partial charge in [-0.3, -0.25) is 4.98 Å². The molecule has 0 aliphatic carbocycles. The van der Waals surface area contributed by atoms with Crippen LogP contribution < -0.4 is 5.32 Å². The average Bonchev–Trinajstić information content (AvgIpc) is 2.65. The lowest BCUT2D eigenvalue weighted by Gasteiger charge is -2.07. The SMILES string of the molecule is CC(Cl)CCNc1cncc2nnnn12. The van der Waals surface area contributed by atoms with Gasteiger partial charge in [0.05, 0.1) is 12.4 Å². The van der Waals surface area contributed by atoms with Crippen LogP contribution in [0.1, 0.15) is 13.3 Å². The molecule has 2 aromatic rings. The van der Waals surface area contributed by atoms with Crippen LogP contribution in [-0.4, -0.2) is 36.9 Å². The molecule has 7 heteroatoms. The molecule has 0 amide bonds. The monoisotopic (exact) mass is 226 g/mol. The molecule has 80 valence electrons. The summed E-state index contributed by atoms with van der Waals surface area (Å²) in [4.78, 5) is 4.02. The molecule has 1 atom stereocenters. The minimum Gasteiger partial charge on any atom is -0.369 e. The molecule has 0 aliphatic heterocycles. The molecule has 0 saturated carbocycles. The first-order valence-corrected chi connectivity index (χ1v) is 5.11. The Bertz CT molecular complexity index is 439. The van der Waals surface area contributed by atoms with Crippen molar-refractivity contribution in [3.8, 4) is 0 Å². The van der Waals surface area contributed by atoms with E-state index in [1.54, 1.807) is 16.9 Å². The van der Waals surface area contributed by atoms with Crippen molar-refractivity contribution in [2.45, 2.75) is 18.7 Å². The van der Waals surface area contributed by atoms with Gasteiger partial charge in [-0.15, -0.1) is 16.7 Å². The Hall–Kier alpha value is -1.43. The smallest absolute Gasteiger partial charge is 0.199 e. The molecule has 0 radical (unpaired) electrons. The Balaban J connectivity index is 2.10. The van der Waals surface area contributed by atoms with E-state index in [0.29, 0.717) is 5.65 Å². The molecule has 1 unspecified atom stereocenters. The summed E-state index contributed by atoms with van der Waals surface area (Å²) in [6, 6.07) is 0. The number of fused-ring (bicyclic) bond motifs is 1. The molecule has 2 rings (SSSR count). The number of anilines is 1. The van der Waals surface area contributed by atoms with E-state index in [4.69, 9.17) is 11.6 Å². The Morgan fingerprint density at radius 3 is 3.20 bits per heavy atom. The number of rotatable bonds is 4. The minimum absolute atomic E-state index is 0.151. The summed E-state index contributed by atoms with van der Waals surface area (Å²) in [6.07, 6.45) is 4.16. The number of aromatic nitrogens is 5. The van der Waals surface area contributed by atoms with Crippen LogP contribution in [0.2, 0.25) is 0 Å². The second-order valence-corrected chi connectivity index (χ2v) is 3.98. The van der Waals surface area contributed by atoms with Gasteiger partial charge in [0.15, 0.2) is 5.65 Å². The van der Waals surface area contributed by atoms with Gasteiger partial charge in [0.25, 0.3) is 0 Å². The fourth-order valence-electron chi connectivity index (χ4n) is 1.19. The second-order valence-electron chi connectivity index (χ2n) is 3.24. The van der Waals surface area contributed by atoms with E-state index < -0.39 is 0 Å². The molecule has 15 heavy (non-hydrogen) atoms. The van der Waals surface area contributed by atoms with Gasteiger partial charge in [-0.05, 0) is 23.8 Å². The van der Waals surface area contributed by atoms with Crippen molar-refractivity contribution in [1.82, 2.24) is 25.0 Å². The fourth-order valence-corrected chi connectivity index (χ4v) is 1.30. The molecule has 2 heterocycles. The van der Waals surface area contributed by atoms with Gasteiger partial charge in [0.1, 0.15) is 5.82 Å². The highest BCUT2D eigenvalue weighted by atomic mass is 35.5. The quantitative estimate of drug-likeness (QED) is 0.787. The molecular formula is C8H11ClN6. The number of hydrogen-bond donors (Lipinski definition) is 1. The van der Waals surface area contributed by atoms with Crippen molar-refractivity contribution in [1.29, 1.82) is 0 Å². The number of halogens is 1. The summed E-state index contributed by atoms with van der Waals surface area (Å²) in [6.45, 7) is 2.73. The van der Waals surface area contributed by atoms with E-state index in [9.17, 15) is 0 Å².